The standard InChI is InChI=1S/C20H30N4O3S2/c1-19(2,3)17-22-11-13(28-17)15(26)21-7-8-24(9-10-25)16(27)14-12-23-18(29-14)20(4,5)6/h11-12,25H,7-10H2,1-6H3,(H,21,26). The predicted octanol–water partition coefficient (Wildman–Crippen LogP) is 3.06. The molecule has 0 fully saturated rings. The van der Waals surface area contributed by atoms with Crippen LogP contribution in [0.2, 0.25) is 0 Å². The van der Waals surface area contributed by atoms with Crippen LogP contribution in [0, 0.1) is 0 Å². The molecule has 2 aromatic heterocycles. The van der Waals surface area contributed by atoms with Crippen LogP contribution in [-0.4, -0.2) is 58.0 Å². The summed E-state index contributed by atoms with van der Waals surface area (Å²) in [6.07, 6.45) is 3.17. The summed E-state index contributed by atoms with van der Waals surface area (Å²) in [5, 5.41) is 14.0. The van der Waals surface area contributed by atoms with Crippen molar-refractivity contribution in [3.05, 3.63) is 32.2 Å². The number of carbonyl (C=O) groups excluding carboxylic acids is 2. The molecule has 0 aromatic carbocycles. The van der Waals surface area contributed by atoms with E-state index in [0.717, 1.165) is 10.0 Å². The van der Waals surface area contributed by atoms with Crippen LogP contribution in [0.4, 0.5) is 0 Å². The predicted molar refractivity (Wildman–Crippen MR) is 117 cm³/mol. The van der Waals surface area contributed by atoms with Crippen LogP contribution in [-0.2, 0) is 10.8 Å². The first-order chi connectivity index (χ1) is 13.4. The number of aliphatic hydroxyl groups is 1. The minimum atomic E-state index is -0.206. The smallest absolute Gasteiger partial charge is 0.265 e. The van der Waals surface area contributed by atoms with Crippen molar-refractivity contribution < 1.29 is 14.7 Å². The van der Waals surface area contributed by atoms with E-state index >= 15 is 0 Å². The Labute approximate surface area is 180 Å². The zero-order valence-electron chi connectivity index (χ0n) is 17.9. The van der Waals surface area contributed by atoms with E-state index in [1.165, 1.54) is 27.6 Å². The lowest BCUT2D eigenvalue weighted by atomic mass is 9.98. The van der Waals surface area contributed by atoms with Crippen LogP contribution < -0.4 is 5.32 Å². The molecule has 2 aromatic rings. The lowest BCUT2D eigenvalue weighted by Crippen LogP contribution is -2.39. The number of nitrogens with zero attached hydrogens (tertiary/aromatic N) is 3. The molecule has 160 valence electrons. The van der Waals surface area contributed by atoms with Crippen molar-refractivity contribution in [2.75, 3.05) is 26.2 Å². The third-order valence-electron chi connectivity index (χ3n) is 4.05. The molecule has 0 spiro atoms. The summed E-state index contributed by atoms with van der Waals surface area (Å²) in [7, 11) is 0. The fourth-order valence-corrected chi connectivity index (χ4v) is 4.26. The second kappa shape index (κ2) is 9.32. The zero-order valence-corrected chi connectivity index (χ0v) is 19.5. The summed E-state index contributed by atoms with van der Waals surface area (Å²) >= 11 is 2.74. The first-order valence-corrected chi connectivity index (χ1v) is 11.2. The minimum absolute atomic E-state index is 0.103. The maximum absolute atomic E-state index is 12.8. The summed E-state index contributed by atoms with van der Waals surface area (Å²) in [5.41, 5.74) is -0.228. The van der Waals surface area contributed by atoms with E-state index in [2.05, 4.69) is 36.1 Å². The van der Waals surface area contributed by atoms with Gasteiger partial charge < -0.3 is 15.3 Å². The van der Waals surface area contributed by atoms with Crippen molar-refractivity contribution in [2.45, 2.75) is 52.4 Å². The fraction of sp³-hybridized carbons (Fsp3) is 0.600. The van der Waals surface area contributed by atoms with Gasteiger partial charge in [-0.25, -0.2) is 9.97 Å². The molecule has 0 bridgehead atoms. The average molecular weight is 439 g/mol. The van der Waals surface area contributed by atoms with Crippen molar-refractivity contribution in [3.63, 3.8) is 0 Å². The molecule has 9 heteroatoms. The number of aromatic nitrogens is 2. The number of aliphatic hydroxyl groups excluding tert-OH is 1. The van der Waals surface area contributed by atoms with Gasteiger partial charge in [-0.3, -0.25) is 9.59 Å². The molecule has 0 atom stereocenters. The molecular formula is C20H30N4O3S2. The summed E-state index contributed by atoms with van der Waals surface area (Å²) in [5.74, 6) is -0.392. The van der Waals surface area contributed by atoms with Gasteiger partial charge in [0.2, 0.25) is 0 Å². The molecule has 0 unspecified atom stereocenters. The van der Waals surface area contributed by atoms with Gasteiger partial charge in [-0.1, -0.05) is 41.5 Å². The number of rotatable bonds is 7. The van der Waals surface area contributed by atoms with E-state index < -0.39 is 0 Å². The van der Waals surface area contributed by atoms with E-state index in [9.17, 15) is 14.7 Å². The van der Waals surface area contributed by atoms with E-state index in [1.54, 1.807) is 12.4 Å². The highest BCUT2D eigenvalue weighted by atomic mass is 32.1. The monoisotopic (exact) mass is 438 g/mol. The van der Waals surface area contributed by atoms with Crippen LogP contribution in [0.5, 0.6) is 0 Å². The highest BCUT2D eigenvalue weighted by molar-refractivity contribution is 7.14. The molecule has 29 heavy (non-hydrogen) atoms. The maximum Gasteiger partial charge on any atom is 0.265 e. The fourth-order valence-electron chi connectivity index (χ4n) is 2.43. The van der Waals surface area contributed by atoms with Crippen molar-refractivity contribution in [3.8, 4) is 0 Å². The lowest BCUT2D eigenvalue weighted by molar-refractivity contribution is 0.0721. The summed E-state index contributed by atoms with van der Waals surface area (Å²) in [4.78, 5) is 36.5. The highest BCUT2D eigenvalue weighted by Crippen LogP contribution is 2.28. The van der Waals surface area contributed by atoms with Crippen molar-refractivity contribution >= 4 is 34.5 Å². The number of hydrogen-bond acceptors (Lipinski definition) is 7. The van der Waals surface area contributed by atoms with Gasteiger partial charge in [0.05, 0.1) is 29.0 Å². The van der Waals surface area contributed by atoms with E-state index in [1.807, 2.05) is 20.8 Å². The van der Waals surface area contributed by atoms with Gasteiger partial charge in [-0.15, -0.1) is 22.7 Å². The molecule has 0 saturated heterocycles. The largest absolute Gasteiger partial charge is 0.395 e. The molecule has 2 N–H and O–H groups in total. The molecule has 2 heterocycles. The second-order valence-electron chi connectivity index (χ2n) is 8.83. The lowest BCUT2D eigenvalue weighted by Gasteiger charge is -2.21. The van der Waals surface area contributed by atoms with Crippen molar-refractivity contribution in [2.24, 2.45) is 0 Å². The molecule has 0 aliphatic rings. The number of nitrogens with one attached hydrogen (secondary N) is 1. The topological polar surface area (TPSA) is 95.4 Å². The minimum Gasteiger partial charge on any atom is -0.395 e. The van der Waals surface area contributed by atoms with Gasteiger partial charge in [-0.05, 0) is 0 Å². The molecule has 2 rings (SSSR count). The number of amides is 2. The van der Waals surface area contributed by atoms with Gasteiger partial charge in [0.1, 0.15) is 9.75 Å². The molecular weight excluding hydrogens is 408 g/mol. The molecule has 0 saturated carbocycles. The first kappa shape index (κ1) is 23.4. The van der Waals surface area contributed by atoms with Crippen molar-refractivity contribution in [1.29, 1.82) is 0 Å². The van der Waals surface area contributed by atoms with Crippen LogP contribution in [0.15, 0.2) is 12.4 Å². The average Bonchev–Trinajstić information content (AvgIpc) is 3.28. The third-order valence-corrected chi connectivity index (χ3v) is 6.89. The zero-order chi connectivity index (χ0) is 21.8. The Bertz CT molecular complexity index is 847. The van der Waals surface area contributed by atoms with Crippen LogP contribution in [0.1, 0.15) is 70.9 Å². The van der Waals surface area contributed by atoms with E-state index in [4.69, 9.17) is 0 Å². The first-order valence-electron chi connectivity index (χ1n) is 9.54. The summed E-state index contributed by atoms with van der Waals surface area (Å²) < 4.78 is 0. The van der Waals surface area contributed by atoms with Gasteiger partial charge in [0.25, 0.3) is 11.8 Å². The molecule has 0 radical (unpaired) electrons. The Morgan fingerprint density at radius 1 is 0.966 bits per heavy atom. The number of hydrogen-bond donors (Lipinski definition) is 2. The third kappa shape index (κ3) is 6.32. The molecule has 0 aliphatic heterocycles. The summed E-state index contributed by atoms with van der Waals surface area (Å²) in [6, 6.07) is 0. The highest BCUT2D eigenvalue weighted by Gasteiger charge is 2.24. The molecule has 2 amide bonds. The van der Waals surface area contributed by atoms with Crippen LogP contribution in [0.25, 0.3) is 0 Å². The second-order valence-corrected chi connectivity index (χ2v) is 10.9. The SMILES string of the molecule is CC(C)(C)c1ncc(C(=O)NCCN(CCO)C(=O)c2cnc(C(C)(C)C)s2)s1. The van der Waals surface area contributed by atoms with Crippen LogP contribution in [0.3, 0.4) is 0 Å². The van der Waals surface area contributed by atoms with Gasteiger partial charge in [-0.2, -0.15) is 0 Å². The van der Waals surface area contributed by atoms with Gasteiger partial charge in [0.15, 0.2) is 0 Å². The maximum atomic E-state index is 12.8. The Kier molecular flexibility index (Phi) is 7.53. The Morgan fingerprint density at radius 3 is 1.97 bits per heavy atom. The van der Waals surface area contributed by atoms with E-state index in [-0.39, 0.29) is 42.3 Å². The van der Waals surface area contributed by atoms with Gasteiger partial charge in [0, 0.05) is 30.5 Å². The van der Waals surface area contributed by atoms with E-state index in [0.29, 0.717) is 16.3 Å². The number of carbonyl (C=O) groups is 2. The Morgan fingerprint density at radius 2 is 1.48 bits per heavy atom. The molecule has 7 nitrogen and oxygen atoms in total. The van der Waals surface area contributed by atoms with Crippen LogP contribution >= 0.6 is 22.7 Å². The Hall–Kier alpha value is -1.84. The quantitative estimate of drug-likeness (QED) is 0.693. The number of thiazole rings is 2. The van der Waals surface area contributed by atoms with Gasteiger partial charge >= 0.3 is 0 Å². The normalized spacial score (nSPS) is 12.1. The Balaban J connectivity index is 1.97. The van der Waals surface area contributed by atoms with Crippen molar-refractivity contribution in [1.82, 2.24) is 20.2 Å². The molecule has 0 aliphatic carbocycles. The summed E-state index contributed by atoms with van der Waals surface area (Å²) in [6.45, 7) is 12.9.